The molecule has 506 valence electrons. The summed E-state index contributed by atoms with van der Waals surface area (Å²) in [7, 11) is 0. The molecule has 7 aromatic rings. The van der Waals surface area contributed by atoms with Crippen molar-refractivity contribution in [2.45, 2.75) is 252 Å². The summed E-state index contributed by atoms with van der Waals surface area (Å²) in [5, 5.41) is 42.2. The third kappa shape index (κ3) is 21.2. The first-order valence-corrected chi connectivity index (χ1v) is 38.0. The van der Waals surface area contributed by atoms with Gasteiger partial charge in [0.2, 0.25) is 0 Å². The molecule has 5 heteroatoms. The number of aryl methyl sites for hydroxylation is 8. The Kier molecular flexibility index (Phi) is 30.1. The van der Waals surface area contributed by atoms with Crippen molar-refractivity contribution in [3.63, 3.8) is 0 Å². The minimum Gasteiger partial charge on any atom is -0.396 e. The van der Waals surface area contributed by atoms with Crippen molar-refractivity contribution in [2.75, 3.05) is 26.4 Å². The Labute approximate surface area is 569 Å². The second-order valence-electron chi connectivity index (χ2n) is 28.9. The van der Waals surface area contributed by atoms with E-state index in [1.54, 1.807) is 0 Å². The maximum absolute atomic E-state index is 11.3. The molecule has 2 aliphatic carbocycles. The second kappa shape index (κ2) is 38.9. The van der Waals surface area contributed by atoms with Crippen LogP contribution in [0.2, 0.25) is 0 Å². The van der Waals surface area contributed by atoms with E-state index in [1.165, 1.54) is 217 Å². The van der Waals surface area contributed by atoms with Gasteiger partial charge in [0.1, 0.15) is 0 Å². The molecule has 2 saturated carbocycles. The van der Waals surface area contributed by atoms with Crippen molar-refractivity contribution >= 4 is 0 Å². The molecule has 0 amide bonds. The molecular weight excluding hydrogens is 1150 g/mol. The quantitative estimate of drug-likeness (QED) is 0.0228. The monoisotopic (exact) mass is 1270 g/mol. The molecule has 2 fully saturated rings. The fourth-order valence-corrected chi connectivity index (χ4v) is 15.9. The average molecular weight is 1270 g/mol. The zero-order valence-electron chi connectivity index (χ0n) is 58.8. The summed E-state index contributed by atoms with van der Waals surface area (Å²) >= 11 is 0. The lowest BCUT2D eigenvalue weighted by atomic mass is 9.76. The highest BCUT2D eigenvalue weighted by Gasteiger charge is 2.26. The van der Waals surface area contributed by atoms with Gasteiger partial charge >= 0.3 is 0 Å². The molecule has 7 aromatic carbocycles. The minimum atomic E-state index is -1.11. The highest BCUT2D eigenvalue weighted by molar-refractivity contribution is 5.75. The average Bonchev–Trinajstić information content (AvgIpc) is 0.836. The summed E-state index contributed by atoms with van der Waals surface area (Å²) in [4.78, 5) is 0. The lowest BCUT2D eigenvalue weighted by molar-refractivity contribution is -0.154. The zero-order chi connectivity index (χ0) is 65.9. The van der Waals surface area contributed by atoms with Crippen LogP contribution < -0.4 is 0 Å². The maximum Gasteiger partial charge on any atom is 0.159 e. The van der Waals surface area contributed by atoms with Crippen LogP contribution in [0.25, 0.3) is 44.5 Å². The largest absolute Gasteiger partial charge is 0.396 e. The lowest BCUT2D eigenvalue weighted by Gasteiger charge is -2.29. The van der Waals surface area contributed by atoms with Gasteiger partial charge in [-0.3, -0.25) is 0 Å². The van der Waals surface area contributed by atoms with E-state index in [0.717, 1.165) is 81.6 Å². The topological polar surface area (TPSA) is 90.2 Å². The number of benzene rings is 7. The molecule has 0 radical (unpaired) electrons. The molecule has 3 atom stereocenters. The van der Waals surface area contributed by atoms with Crippen molar-refractivity contribution in [1.29, 1.82) is 0 Å². The first-order chi connectivity index (χ1) is 46.1. The van der Waals surface area contributed by atoms with E-state index in [-0.39, 0.29) is 32.3 Å². The van der Waals surface area contributed by atoms with E-state index in [9.17, 15) is 20.4 Å². The van der Waals surface area contributed by atoms with Crippen LogP contribution in [0.4, 0.5) is 0 Å². The van der Waals surface area contributed by atoms with Crippen LogP contribution in [0.3, 0.4) is 0 Å². The molecule has 0 heterocycles. The predicted molar refractivity (Wildman–Crippen MR) is 398 cm³/mol. The highest BCUT2D eigenvalue weighted by atomic mass is 16.6. The highest BCUT2D eigenvalue weighted by Crippen LogP contribution is 2.42. The van der Waals surface area contributed by atoms with Gasteiger partial charge in [-0.2, -0.15) is 0 Å². The summed E-state index contributed by atoms with van der Waals surface area (Å²) in [5.41, 5.74) is 24.1. The summed E-state index contributed by atoms with van der Waals surface area (Å²) in [6.45, 7) is 11.7. The van der Waals surface area contributed by atoms with Gasteiger partial charge in [-0.25, -0.2) is 0 Å². The molecule has 0 saturated heterocycles. The number of ether oxygens (including phenoxy) is 1. The van der Waals surface area contributed by atoms with Gasteiger partial charge in [0.05, 0.1) is 13.2 Å². The molecule has 0 bridgehead atoms. The number of aliphatic hydroxyl groups is 4. The summed E-state index contributed by atoms with van der Waals surface area (Å²) in [6.07, 6.45) is 34.6. The SMILES string of the molecule is CCCCCc1ccc(-c2ccc(-c3ccc(CCC(CO)C(O)OCC(CO)CCCc4ccc(-c5ccc(C6CCC(CCCCC)CC6)cc5CCc5cc(CCCO)ccc5-c5ccc(C6CCC(CCCCC)CC6)cc5)c(CC)c4)cc3)c(CC)c2)cc1. The van der Waals surface area contributed by atoms with Crippen molar-refractivity contribution < 1.29 is 25.2 Å². The van der Waals surface area contributed by atoms with Gasteiger partial charge in [-0.1, -0.05) is 244 Å². The zero-order valence-corrected chi connectivity index (χ0v) is 58.8. The number of rotatable bonds is 39. The molecular formula is C89H120O5. The van der Waals surface area contributed by atoms with E-state index in [1.807, 2.05) is 0 Å². The smallest absolute Gasteiger partial charge is 0.159 e. The molecule has 5 nitrogen and oxygen atoms in total. The van der Waals surface area contributed by atoms with Gasteiger partial charge in [0.25, 0.3) is 0 Å². The van der Waals surface area contributed by atoms with E-state index < -0.39 is 12.2 Å². The molecule has 9 rings (SSSR count). The van der Waals surface area contributed by atoms with Crippen LogP contribution in [-0.2, 0) is 56.1 Å². The first-order valence-electron chi connectivity index (χ1n) is 38.0. The fourth-order valence-electron chi connectivity index (χ4n) is 15.9. The van der Waals surface area contributed by atoms with Crippen molar-refractivity contribution in [1.82, 2.24) is 0 Å². The number of hydrogen-bond donors (Lipinski definition) is 4. The molecule has 0 aromatic heterocycles. The van der Waals surface area contributed by atoms with E-state index in [0.29, 0.717) is 24.7 Å². The molecule has 0 aliphatic heterocycles. The molecule has 4 N–H and O–H groups in total. The first kappa shape index (κ1) is 72.6. The molecule has 0 spiro atoms. The van der Waals surface area contributed by atoms with Crippen LogP contribution >= 0.6 is 0 Å². The van der Waals surface area contributed by atoms with Crippen LogP contribution in [0, 0.1) is 23.7 Å². The minimum absolute atomic E-state index is 0.0171. The van der Waals surface area contributed by atoms with Gasteiger partial charge in [-0.15, -0.1) is 0 Å². The van der Waals surface area contributed by atoms with E-state index in [4.69, 9.17) is 4.74 Å². The Morgan fingerprint density at radius 1 is 0.372 bits per heavy atom. The molecule has 3 unspecified atom stereocenters. The van der Waals surface area contributed by atoms with E-state index in [2.05, 4.69) is 180 Å². The summed E-state index contributed by atoms with van der Waals surface area (Å²) in [6, 6.07) is 56.2. The Balaban J connectivity index is 0.820. The van der Waals surface area contributed by atoms with Crippen LogP contribution in [-0.4, -0.2) is 53.1 Å². The molecule has 94 heavy (non-hydrogen) atoms. The number of hydrogen-bond acceptors (Lipinski definition) is 5. The standard InChI is InChI=1S/C89H120O5/c1-6-11-14-19-65-25-36-74(37-26-65)75-45-47-79(48-46-75)86-53-34-70(24-18-57-90)59-82(86)49-50-83-61-81(77-40-29-67(30-41-77)21-16-13-8-3)52-56-88(83)87-54-35-69(58-72(87)9-4)22-17-23-71(62-91)64-94-89(93)84(63-92)44-33-68-31-42-78(43-32-68)85-55-51-80(60-73(85)10-5)76-38-27-66(28-39-76)20-15-12-7-2/h27-28,31-32,34-35,38-39,42-43,45-48,51-56,58-61,65,67,71,74,77,84,89-93H,6-26,29-30,33,36-37,40-41,44,49-50,57,62-64H2,1-5H3. The second-order valence-corrected chi connectivity index (χ2v) is 28.9. The van der Waals surface area contributed by atoms with Crippen LogP contribution in [0.5, 0.6) is 0 Å². The lowest BCUT2D eigenvalue weighted by Crippen LogP contribution is -2.30. The van der Waals surface area contributed by atoms with Crippen molar-refractivity contribution in [3.8, 4) is 44.5 Å². The maximum atomic E-state index is 11.3. The number of aliphatic hydroxyl groups excluding tert-OH is 4. The van der Waals surface area contributed by atoms with Crippen LogP contribution in [0.15, 0.2) is 146 Å². The summed E-state index contributed by atoms with van der Waals surface area (Å²) < 4.78 is 6.05. The Bertz CT molecular complexity index is 3290. The molecule has 2 aliphatic rings. The predicted octanol–water partition coefficient (Wildman–Crippen LogP) is 22.1. The van der Waals surface area contributed by atoms with E-state index >= 15 is 0 Å². The third-order valence-corrected chi connectivity index (χ3v) is 22.1. The Morgan fingerprint density at radius 2 is 0.830 bits per heavy atom. The van der Waals surface area contributed by atoms with Crippen molar-refractivity contribution in [2.24, 2.45) is 23.7 Å². The van der Waals surface area contributed by atoms with Gasteiger partial charge < -0.3 is 25.2 Å². The summed E-state index contributed by atoms with van der Waals surface area (Å²) in [5.74, 6) is 2.52. The van der Waals surface area contributed by atoms with Gasteiger partial charge in [-0.05, 0) is 259 Å². The van der Waals surface area contributed by atoms with Gasteiger partial charge in [0.15, 0.2) is 6.29 Å². The Morgan fingerprint density at radius 3 is 1.43 bits per heavy atom. The fraction of sp³-hybridized carbons (Fsp3) is 0.528. The van der Waals surface area contributed by atoms with Crippen LogP contribution in [0.1, 0.15) is 250 Å². The Hall–Kier alpha value is -5.66. The number of unbranched alkanes of at least 4 members (excludes halogenated alkanes) is 6. The third-order valence-electron chi connectivity index (χ3n) is 22.1. The van der Waals surface area contributed by atoms with Crippen molar-refractivity contribution in [3.05, 3.63) is 201 Å². The normalized spacial score (nSPS) is 17.7. The van der Waals surface area contributed by atoms with Gasteiger partial charge in [0, 0.05) is 25.0 Å².